The number of carbonyl (C=O) groups excluding carboxylic acids is 2. The van der Waals surface area contributed by atoms with Gasteiger partial charge < -0.3 is 4.90 Å². The van der Waals surface area contributed by atoms with E-state index in [4.69, 9.17) is 4.99 Å². The molecular weight excluding hydrogens is 442 g/mol. The van der Waals surface area contributed by atoms with Gasteiger partial charge in [0.15, 0.2) is 0 Å². The number of hydrogen-bond donors (Lipinski definition) is 0. The summed E-state index contributed by atoms with van der Waals surface area (Å²) in [7, 11) is 0. The minimum Gasteiger partial charge on any atom is -0.342 e. The number of amides is 2. The van der Waals surface area contributed by atoms with Gasteiger partial charge in [0, 0.05) is 47.8 Å². The summed E-state index contributed by atoms with van der Waals surface area (Å²) in [4.78, 5) is 36.1. The van der Waals surface area contributed by atoms with E-state index >= 15 is 0 Å². The van der Waals surface area contributed by atoms with E-state index in [-0.39, 0.29) is 11.8 Å². The maximum atomic E-state index is 13.3. The second-order valence-electron chi connectivity index (χ2n) is 11.1. The summed E-state index contributed by atoms with van der Waals surface area (Å²) >= 11 is 1.87. The molecule has 1 aromatic rings. The number of amidine groups is 1. The third-order valence-electron chi connectivity index (χ3n) is 8.51. The molecule has 4 aliphatic carbocycles. The van der Waals surface area contributed by atoms with Crippen LogP contribution in [0.15, 0.2) is 45.3 Å². The first-order valence-corrected chi connectivity index (χ1v) is 13.8. The lowest BCUT2D eigenvalue weighted by molar-refractivity contribution is -0.139. The zero-order chi connectivity index (χ0) is 23.0. The molecule has 7 rings (SSSR count). The third-order valence-corrected chi connectivity index (χ3v) is 9.51. The lowest BCUT2D eigenvalue weighted by atomic mass is 9.81. The molecule has 0 radical (unpaired) electrons. The average molecular weight is 474 g/mol. The number of aryl methyl sites for hydroxylation is 1. The van der Waals surface area contributed by atoms with E-state index in [0.717, 1.165) is 69.4 Å². The van der Waals surface area contributed by atoms with E-state index in [1.807, 2.05) is 21.1 Å². The average Bonchev–Trinajstić information content (AvgIpc) is 3.72. The summed E-state index contributed by atoms with van der Waals surface area (Å²) in [5.41, 5.74) is 4.82. The van der Waals surface area contributed by atoms with Gasteiger partial charge in [-0.05, 0) is 74.5 Å². The number of likely N-dealkylation sites (tertiary alicyclic amines) is 1. The Kier molecular flexibility index (Phi) is 4.61. The molecule has 6 heteroatoms. The summed E-state index contributed by atoms with van der Waals surface area (Å²) in [6.07, 6.45) is 14.2. The summed E-state index contributed by atoms with van der Waals surface area (Å²) in [6.45, 7) is 4.44. The van der Waals surface area contributed by atoms with Crippen LogP contribution in [0.3, 0.4) is 0 Å². The van der Waals surface area contributed by atoms with Gasteiger partial charge in [-0.15, -0.1) is 11.3 Å². The number of allylic oxidation sites excluding steroid dienone is 3. The molecule has 0 aromatic carbocycles. The first-order valence-electron chi connectivity index (χ1n) is 12.9. The minimum absolute atomic E-state index is 0.185. The van der Waals surface area contributed by atoms with Gasteiger partial charge in [0.2, 0.25) is 5.91 Å². The van der Waals surface area contributed by atoms with E-state index < -0.39 is 5.54 Å². The Morgan fingerprint density at radius 2 is 2.06 bits per heavy atom. The van der Waals surface area contributed by atoms with Gasteiger partial charge in [0.1, 0.15) is 11.4 Å². The lowest BCUT2D eigenvalue weighted by Crippen LogP contribution is -2.55. The molecule has 3 fully saturated rings. The normalized spacial score (nSPS) is 27.7. The number of nitrogens with zero attached hydrogens (tertiary/aromatic N) is 3. The Morgan fingerprint density at radius 3 is 2.79 bits per heavy atom. The molecule has 3 heterocycles. The van der Waals surface area contributed by atoms with Crippen LogP contribution < -0.4 is 0 Å². The standard InChI is InChI=1S/C28H31N3O2S/c1-17-12-20(21-5-7-24-22(13-21)8-11-34-24)4-6-23(17)25-29-28(9-10-28)27(33)31(25)16-18-14-30(15-18)26(32)19-2-3-19/h6,8,11-13,18-20H,2-5,7,9-10,14-16H2,1H3. The molecule has 2 amide bonds. The number of aliphatic imine (C=N–C) groups is 1. The molecule has 0 N–H and O–H groups in total. The first-order chi connectivity index (χ1) is 16.5. The highest BCUT2D eigenvalue weighted by Crippen LogP contribution is 2.47. The quantitative estimate of drug-likeness (QED) is 0.627. The van der Waals surface area contributed by atoms with Crippen LogP contribution in [0.2, 0.25) is 0 Å². The Morgan fingerprint density at radius 1 is 1.24 bits per heavy atom. The van der Waals surface area contributed by atoms with Gasteiger partial charge >= 0.3 is 0 Å². The molecule has 1 saturated heterocycles. The lowest BCUT2D eigenvalue weighted by Gasteiger charge is -2.41. The molecule has 5 nitrogen and oxygen atoms in total. The second kappa shape index (κ2) is 7.51. The monoisotopic (exact) mass is 473 g/mol. The zero-order valence-corrected chi connectivity index (χ0v) is 20.6. The van der Waals surface area contributed by atoms with Gasteiger partial charge in [-0.3, -0.25) is 19.5 Å². The van der Waals surface area contributed by atoms with Crippen molar-refractivity contribution in [2.75, 3.05) is 19.6 Å². The van der Waals surface area contributed by atoms with E-state index in [9.17, 15) is 9.59 Å². The van der Waals surface area contributed by atoms with Gasteiger partial charge in [0.25, 0.3) is 5.91 Å². The number of hydrogen-bond acceptors (Lipinski definition) is 4. The van der Waals surface area contributed by atoms with Gasteiger partial charge in [-0.2, -0.15) is 0 Å². The van der Waals surface area contributed by atoms with Crippen LogP contribution in [0.1, 0.15) is 55.9 Å². The van der Waals surface area contributed by atoms with Crippen LogP contribution in [0, 0.1) is 17.8 Å². The highest BCUT2D eigenvalue weighted by atomic mass is 32.1. The third kappa shape index (κ3) is 3.36. The fraction of sp³-hybridized carbons (Fsp3) is 0.536. The molecule has 6 aliphatic rings. The zero-order valence-electron chi connectivity index (χ0n) is 19.8. The van der Waals surface area contributed by atoms with Crippen molar-refractivity contribution in [3.8, 4) is 0 Å². The van der Waals surface area contributed by atoms with E-state index in [0.29, 0.717) is 24.3 Å². The molecule has 176 valence electrons. The predicted octanol–water partition coefficient (Wildman–Crippen LogP) is 4.61. The fourth-order valence-electron chi connectivity index (χ4n) is 6.09. The number of fused-ring (bicyclic) bond motifs is 1. The summed E-state index contributed by atoms with van der Waals surface area (Å²) in [6, 6.07) is 2.24. The summed E-state index contributed by atoms with van der Waals surface area (Å²) < 4.78 is 0. The van der Waals surface area contributed by atoms with Gasteiger partial charge in [-0.25, -0.2) is 0 Å². The van der Waals surface area contributed by atoms with Gasteiger partial charge in [-0.1, -0.05) is 23.8 Å². The Hall–Kier alpha value is -2.47. The maximum absolute atomic E-state index is 13.3. The second-order valence-corrected chi connectivity index (χ2v) is 12.1. The molecule has 1 unspecified atom stereocenters. The molecule has 2 saturated carbocycles. The largest absolute Gasteiger partial charge is 0.342 e. The van der Waals surface area contributed by atoms with Crippen molar-refractivity contribution in [2.45, 2.75) is 57.4 Å². The van der Waals surface area contributed by atoms with Crippen molar-refractivity contribution in [1.29, 1.82) is 0 Å². The highest BCUT2D eigenvalue weighted by molar-refractivity contribution is 7.10. The Balaban J connectivity index is 1.08. The number of thiophene rings is 1. The highest BCUT2D eigenvalue weighted by Gasteiger charge is 2.58. The van der Waals surface area contributed by atoms with Crippen LogP contribution >= 0.6 is 11.3 Å². The smallest absolute Gasteiger partial charge is 0.256 e. The Bertz CT molecular complexity index is 1200. The van der Waals surface area contributed by atoms with Crippen LogP contribution in [-0.2, 0) is 16.0 Å². The molecule has 1 spiro atoms. The Labute approximate surface area is 204 Å². The molecule has 2 aliphatic heterocycles. The van der Waals surface area contributed by atoms with Crippen molar-refractivity contribution < 1.29 is 9.59 Å². The number of rotatable bonds is 5. The van der Waals surface area contributed by atoms with Crippen LogP contribution in [-0.4, -0.2) is 52.6 Å². The minimum atomic E-state index is -0.484. The van der Waals surface area contributed by atoms with Crippen molar-refractivity contribution in [1.82, 2.24) is 9.80 Å². The molecule has 1 aromatic heterocycles. The number of carbonyl (C=O) groups is 2. The van der Waals surface area contributed by atoms with Crippen LogP contribution in [0.4, 0.5) is 0 Å². The first kappa shape index (κ1) is 20.9. The maximum Gasteiger partial charge on any atom is 0.256 e. The van der Waals surface area contributed by atoms with E-state index in [1.54, 1.807) is 0 Å². The topological polar surface area (TPSA) is 53.0 Å². The van der Waals surface area contributed by atoms with Crippen molar-refractivity contribution in [3.05, 3.63) is 50.8 Å². The fourth-order valence-corrected chi connectivity index (χ4v) is 6.95. The van der Waals surface area contributed by atoms with E-state index in [1.165, 1.54) is 21.6 Å². The predicted molar refractivity (Wildman–Crippen MR) is 134 cm³/mol. The van der Waals surface area contributed by atoms with Gasteiger partial charge in [0.05, 0.1) is 0 Å². The summed E-state index contributed by atoms with van der Waals surface area (Å²) in [5, 5.41) is 2.20. The molecular formula is C28H31N3O2S. The summed E-state index contributed by atoms with van der Waals surface area (Å²) in [5.74, 6) is 2.47. The van der Waals surface area contributed by atoms with Crippen LogP contribution in [0.5, 0.6) is 0 Å². The SMILES string of the molecule is CC1=CC(C2=Cc3ccsc3CC2)CC=C1C1=NC2(CC2)C(=O)N1CC1CN(C(=O)C2CC2)C1. The van der Waals surface area contributed by atoms with Crippen molar-refractivity contribution in [2.24, 2.45) is 22.7 Å². The van der Waals surface area contributed by atoms with Crippen LogP contribution in [0.25, 0.3) is 6.08 Å². The van der Waals surface area contributed by atoms with Crippen molar-refractivity contribution in [3.63, 3.8) is 0 Å². The molecule has 1 atom stereocenters. The molecule has 34 heavy (non-hydrogen) atoms. The van der Waals surface area contributed by atoms with E-state index in [2.05, 4.69) is 36.6 Å². The molecule has 0 bridgehead atoms. The van der Waals surface area contributed by atoms with Crippen molar-refractivity contribution >= 4 is 35.1 Å².